The van der Waals surface area contributed by atoms with E-state index in [1.807, 2.05) is 31.2 Å². The Labute approximate surface area is 131 Å². The maximum absolute atomic E-state index is 12.5. The largest absolute Gasteiger partial charge is 0.343 e. The fraction of sp³-hybridized carbons (Fsp3) is 0.529. The summed E-state index contributed by atoms with van der Waals surface area (Å²) in [5.74, 6) is -0.0446. The fourth-order valence-corrected chi connectivity index (χ4v) is 3.14. The van der Waals surface area contributed by atoms with Crippen molar-refractivity contribution in [3.63, 3.8) is 0 Å². The van der Waals surface area contributed by atoms with Crippen LogP contribution < -0.4 is 15.5 Å². The Morgan fingerprint density at radius 2 is 2.00 bits per heavy atom. The number of piperidine rings is 1. The molecule has 3 rings (SSSR count). The van der Waals surface area contributed by atoms with Crippen molar-refractivity contribution in [2.75, 3.05) is 18.0 Å². The molecule has 118 valence electrons. The van der Waals surface area contributed by atoms with E-state index in [4.69, 9.17) is 0 Å². The summed E-state index contributed by atoms with van der Waals surface area (Å²) < 4.78 is 0. The van der Waals surface area contributed by atoms with Crippen LogP contribution in [0.5, 0.6) is 0 Å². The normalized spacial score (nSPS) is 25.3. The monoisotopic (exact) mass is 301 g/mol. The van der Waals surface area contributed by atoms with Crippen LogP contribution in [0, 0.1) is 6.92 Å². The van der Waals surface area contributed by atoms with Gasteiger partial charge in [-0.05, 0) is 44.9 Å². The molecule has 22 heavy (non-hydrogen) atoms. The molecule has 0 spiro atoms. The number of carbonyl (C=O) groups is 2. The van der Waals surface area contributed by atoms with Gasteiger partial charge in [-0.1, -0.05) is 24.1 Å². The first-order valence-electron chi connectivity index (χ1n) is 8.07. The average Bonchev–Trinajstić information content (AvgIpc) is 2.90. The van der Waals surface area contributed by atoms with Crippen LogP contribution in [0.4, 0.5) is 5.69 Å². The maximum Gasteiger partial charge on any atom is 0.249 e. The number of carbonyl (C=O) groups excluding carboxylic acids is 2. The first-order valence-corrected chi connectivity index (χ1v) is 8.07. The van der Waals surface area contributed by atoms with Gasteiger partial charge in [-0.25, -0.2) is 0 Å². The van der Waals surface area contributed by atoms with E-state index in [0.29, 0.717) is 13.0 Å². The van der Waals surface area contributed by atoms with Crippen molar-refractivity contribution in [3.05, 3.63) is 29.8 Å². The van der Waals surface area contributed by atoms with Gasteiger partial charge in [-0.2, -0.15) is 0 Å². The predicted molar refractivity (Wildman–Crippen MR) is 85.7 cm³/mol. The van der Waals surface area contributed by atoms with Crippen molar-refractivity contribution < 1.29 is 9.59 Å². The molecule has 2 N–H and O–H groups in total. The highest BCUT2D eigenvalue weighted by Gasteiger charge is 2.35. The van der Waals surface area contributed by atoms with Crippen LogP contribution in [0.25, 0.3) is 0 Å². The van der Waals surface area contributed by atoms with Gasteiger partial charge in [0.25, 0.3) is 0 Å². The summed E-state index contributed by atoms with van der Waals surface area (Å²) in [6.45, 7) is 3.56. The van der Waals surface area contributed by atoms with Gasteiger partial charge in [0.05, 0.1) is 6.04 Å². The van der Waals surface area contributed by atoms with Gasteiger partial charge in [-0.3, -0.25) is 9.59 Å². The minimum Gasteiger partial charge on any atom is -0.343 e. The van der Waals surface area contributed by atoms with Crippen LogP contribution in [0.1, 0.15) is 31.2 Å². The summed E-state index contributed by atoms with van der Waals surface area (Å²) in [6, 6.07) is 7.38. The maximum atomic E-state index is 12.5. The van der Waals surface area contributed by atoms with Gasteiger partial charge in [0, 0.05) is 12.2 Å². The van der Waals surface area contributed by atoms with E-state index in [1.165, 1.54) is 5.56 Å². The third-order valence-corrected chi connectivity index (χ3v) is 4.49. The van der Waals surface area contributed by atoms with Gasteiger partial charge < -0.3 is 15.5 Å². The van der Waals surface area contributed by atoms with Crippen LogP contribution in [-0.4, -0.2) is 37.0 Å². The molecule has 0 aliphatic carbocycles. The summed E-state index contributed by atoms with van der Waals surface area (Å²) in [5.41, 5.74) is 2.08. The standard InChI is InChI=1S/C17H23N3O2/c1-12-5-7-13(8-6-12)20-11-9-15(17(20)22)19-16(21)14-4-2-3-10-18-14/h5-8,14-15,18H,2-4,9-11H2,1H3,(H,19,21). The number of nitrogens with one attached hydrogen (secondary N) is 2. The summed E-state index contributed by atoms with van der Waals surface area (Å²) in [7, 11) is 0. The molecule has 1 aromatic rings. The van der Waals surface area contributed by atoms with Gasteiger partial charge in [-0.15, -0.1) is 0 Å². The second kappa shape index (κ2) is 6.48. The van der Waals surface area contributed by atoms with E-state index in [9.17, 15) is 9.59 Å². The summed E-state index contributed by atoms with van der Waals surface area (Å²) in [5, 5.41) is 6.14. The molecule has 0 radical (unpaired) electrons. The summed E-state index contributed by atoms with van der Waals surface area (Å²) in [4.78, 5) is 26.5. The van der Waals surface area contributed by atoms with E-state index in [1.54, 1.807) is 4.90 Å². The molecule has 5 heteroatoms. The minimum absolute atomic E-state index is 0.00647. The molecule has 2 atom stereocenters. The number of amides is 2. The molecule has 2 heterocycles. The van der Waals surface area contributed by atoms with Gasteiger partial charge in [0.2, 0.25) is 11.8 Å². The topological polar surface area (TPSA) is 61.4 Å². The molecule has 0 bridgehead atoms. The van der Waals surface area contributed by atoms with Gasteiger partial charge in [0.15, 0.2) is 0 Å². The van der Waals surface area contributed by atoms with E-state index in [-0.39, 0.29) is 17.9 Å². The Morgan fingerprint density at radius 1 is 1.23 bits per heavy atom. The number of aryl methyl sites for hydroxylation is 1. The lowest BCUT2D eigenvalue weighted by Gasteiger charge is -2.24. The van der Waals surface area contributed by atoms with Crippen LogP contribution in [0.2, 0.25) is 0 Å². The Balaban J connectivity index is 1.61. The zero-order valence-electron chi connectivity index (χ0n) is 13.0. The molecule has 2 saturated heterocycles. The molecule has 2 fully saturated rings. The zero-order valence-corrected chi connectivity index (χ0v) is 13.0. The lowest BCUT2D eigenvalue weighted by atomic mass is 10.0. The van der Waals surface area contributed by atoms with E-state index in [2.05, 4.69) is 10.6 Å². The van der Waals surface area contributed by atoms with E-state index >= 15 is 0 Å². The van der Waals surface area contributed by atoms with Crippen molar-refractivity contribution in [2.24, 2.45) is 0 Å². The third-order valence-electron chi connectivity index (χ3n) is 4.49. The van der Waals surface area contributed by atoms with Crippen molar-refractivity contribution in [2.45, 2.75) is 44.7 Å². The van der Waals surface area contributed by atoms with Crippen LogP contribution in [0.15, 0.2) is 24.3 Å². The molecule has 2 aliphatic rings. The van der Waals surface area contributed by atoms with E-state index in [0.717, 1.165) is 31.5 Å². The number of benzene rings is 1. The molecular formula is C17H23N3O2. The lowest BCUT2D eigenvalue weighted by molar-refractivity contribution is -0.128. The van der Waals surface area contributed by atoms with E-state index < -0.39 is 6.04 Å². The predicted octanol–water partition coefficient (Wildman–Crippen LogP) is 1.36. The SMILES string of the molecule is Cc1ccc(N2CCC(NC(=O)C3CCCCN3)C2=O)cc1. The molecular weight excluding hydrogens is 278 g/mol. The molecule has 5 nitrogen and oxygen atoms in total. The van der Waals surface area contributed by atoms with Crippen LogP contribution >= 0.6 is 0 Å². The first-order chi connectivity index (χ1) is 10.6. The first kappa shape index (κ1) is 15.0. The van der Waals surface area contributed by atoms with Crippen LogP contribution in [0.3, 0.4) is 0 Å². The van der Waals surface area contributed by atoms with Crippen molar-refractivity contribution in [1.29, 1.82) is 0 Å². The second-order valence-electron chi connectivity index (χ2n) is 6.18. The average molecular weight is 301 g/mol. The molecule has 2 aliphatic heterocycles. The number of hydrogen-bond donors (Lipinski definition) is 2. The number of anilines is 1. The van der Waals surface area contributed by atoms with Gasteiger partial charge in [0.1, 0.15) is 6.04 Å². The Hall–Kier alpha value is -1.88. The zero-order chi connectivity index (χ0) is 15.5. The smallest absolute Gasteiger partial charge is 0.249 e. The quantitative estimate of drug-likeness (QED) is 0.886. The minimum atomic E-state index is -0.391. The second-order valence-corrected chi connectivity index (χ2v) is 6.18. The third kappa shape index (κ3) is 3.14. The molecule has 2 unspecified atom stereocenters. The highest BCUT2D eigenvalue weighted by atomic mass is 16.2. The Morgan fingerprint density at radius 3 is 2.68 bits per heavy atom. The highest BCUT2D eigenvalue weighted by Crippen LogP contribution is 2.22. The Kier molecular flexibility index (Phi) is 4.43. The van der Waals surface area contributed by atoms with Crippen molar-refractivity contribution in [1.82, 2.24) is 10.6 Å². The van der Waals surface area contributed by atoms with Crippen LogP contribution in [-0.2, 0) is 9.59 Å². The molecule has 0 aromatic heterocycles. The molecule has 2 amide bonds. The van der Waals surface area contributed by atoms with Gasteiger partial charge >= 0.3 is 0 Å². The Bertz CT molecular complexity index is 550. The fourth-order valence-electron chi connectivity index (χ4n) is 3.14. The summed E-state index contributed by atoms with van der Waals surface area (Å²) >= 11 is 0. The van der Waals surface area contributed by atoms with Crippen molar-refractivity contribution in [3.8, 4) is 0 Å². The lowest BCUT2D eigenvalue weighted by Crippen LogP contribution is -2.51. The number of rotatable bonds is 3. The molecule has 0 saturated carbocycles. The molecule has 1 aromatic carbocycles. The number of hydrogen-bond acceptors (Lipinski definition) is 3. The summed E-state index contributed by atoms with van der Waals surface area (Å²) in [6.07, 6.45) is 3.71. The van der Waals surface area contributed by atoms with Crippen molar-refractivity contribution >= 4 is 17.5 Å². The number of nitrogens with zero attached hydrogens (tertiary/aromatic N) is 1. The highest BCUT2D eigenvalue weighted by molar-refractivity contribution is 6.01.